The molecule has 1 heterocycles. The highest BCUT2D eigenvalue weighted by Gasteiger charge is 2.29. The zero-order valence-corrected chi connectivity index (χ0v) is 19.4. The standard InChI is InChI=1S/C19H19ClN4O3S3/c1-13(24(30(2,26)27)16-10-6-9-15(20)11-16)17(25)21-18-22-23-19(29-18)28-12-14-7-4-3-5-8-14/h3-11,13H,12H2,1-2H3,(H,21,22,25)/t13-/m1/s1. The Kier molecular flexibility index (Phi) is 7.35. The van der Waals surface area contributed by atoms with E-state index in [9.17, 15) is 13.2 Å². The number of sulfonamides is 1. The van der Waals surface area contributed by atoms with E-state index in [0.717, 1.165) is 21.9 Å². The van der Waals surface area contributed by atoms with Crippen LogP contribution in [-0.2, 0) is 20.6 Å². The van der Waals surface area contributed by atoms with E-state index >= 15 is 0 Å². The van der Waals surface area contributed by atoms with Gasteiger partial charge < -0.3 is 0 Å². The molecule has 0 bridgehead atoms. The van der Waals surface area contributed by atoms with Crippen molar-refractivity contribution in [2.24, 2.45) is 0 Å². The molecule has 0 aliphatic carbocycles. The van der Waals surface area contributed by atoms with Gasteiger partial charge in [-0.2, -0.15) is 0 Å². The first kappa shape index (κ1) is 22.5. The van der Waals surface area contributed by atoms with Gasteiger partial charge in [0.25, 0.3) is 0 Å². The maximum Gasteiger partial charge on any atom is 0.249 e. The minimum atomic E-state index is -3.73. The number of amides is 1. The Balaban J connectivity index is 1.69. The van der Waals surface area contributed by atoms with E-state index < -0.39 is 22.0 Å². The number of rotatable bonds is 8. The molecule has 1 atom stereocenters. The Morgan fingerprint density at radius 3 is 2.60 bits per heavy atom. The van der Waals surface area contributed by atoms with E-state index in [2.05, 4.69) is 15.5 Å². The lowest BCUT2D eigenvalue weighted by atomic mass is 10.2. The molecule has 11 heteroatoms. The van der Waals surface area contributed by atoms with Gasteiger partial charge in [0.1, 0.15) is 6.04 Å². The van der Waals surface area contributed by atoms with Gasteiger partial charge in [0.2, 0.25) is 21.1 Å². The van der Waals surface area contributed by atoms with Crippen LogP contribution in [-0.4, -0.2) is 36.8 Å². The first-order chi connectivity index (χ1) is 14.2. The number of carbonyl (C=O) groups is 1. The van der Waals surface area contributed by atoms with Crippen molar-refractivity contribution < 1.29 is 13.2 Å². The van der Waals surface area contributed by atoms with Crippen LogP contribution in [0.2, 0.25) is 5.02 Å². The predicted octanol–water partition coefficient (Wildman–Crippen LogP) is 4.28. The molecule has 3 rings (SSSR count). The Morgan fingerprint density at radius 1 is 1.20 bits per heavy atom. The minimum absolute atomic E-state index is 0.307. The van der Waals surface area contributed by atoms with Gasteiger partial charge in [-0.1, -0.05) is 71.1 Å². The van der Waals surface area contributed by atoms with Crippen LogP contribution in [0.3, 0.4) is 0 Å². The number of nitrogens with zero attached hydrogens (tertiary/aromatic N) is 3. The van der Waals surface area contributed by atoms with Crippen molar-refractivity contribution >= 4 is 61.4 Å². The summed E-state index contributed by atoms with van der Waals surface area (Å²) in [5.74, 6) is 0.215. The van der Waals surface area contributed by atoms with E-state index in [4.69, 9.17) is 11.6 Å². The van der Waals surface area contributed by atoms with E-state index in [0.29, 0.717) is 20.2 Å². The molecule has 0 fully saturated rings. The molecule has 3 aromatic rings. The SMILES string of the molecule is C[C@H](C(=O)Nc1nnc(SCc2ccccc2)s1)N(c1cccc(Cl)c1)S(C)(=O)=O. The van der Waals surface area contributed by atoms with Crippen LogP contribution in [0.5, 0.6) is 0 Å². The van der Waals surface area contributed by atoms with E-state index in [1.807, 2.05) is 30.3 Å². The van der Waals surface area contributed by atoms with Crippen molar-refractivity contribution in [3.8, 4) is 0 Å². The van der Waals surface area contributed by atoms with Gasteiger partial charge in [0, 0.05) is 10.8 Å². The van der Waals surface area contributed by atoms with Crippen LogP contribution < -0.4 is 9.62 Å². The van der Waals surface area contributed by atoms with Crippen LogP contribution in [0.4, 0.5) is 10.8 Å². The monoisotopic (exact) mass is 482 g/mol. The highest BCUT2D eigenvalue weighted by Crippen LogP contribution is 2.29. The molecule has 0 saturated carbocycles. The van der Waals surface area contributed by atoms with Gasteiger partial charge in [-0.05, 0) is 30.7 Å². The van der Waals surface area contributed by atoms with Crippen LogP contribution in [0, 0.1) is 0 Å². The molecule has 158 valence electrons. The number of anilines is 2. The summed E-state index contributed by atoms with van der Waals surface area (Å²) in [6.07, 6.45) is 1.04. The third-order valence-electron chi connectivity index (χ3n) is 3.99. The quantitative estimate of drug-likeness (QED) is 0.380. The summed E-state index contributed by atoms with van der Waals surface area (Å²) in [5, 5.41) is 11.4. The van der Waals surface area contributed by atoms with Gasteiger partial charge in [-0.15, -0.1) is 10.2 Å². The molecule has 0 aliphatic heterocycles. The normalized spacial score (nSPS) is 12.4. The number of nitrogens with one attached hydrogen (secondary N) is 1. The lowest BCUT2D eigenvalue weighted by molar-refractivity contribution is -0.116. The smallest absolute Gasteiger partial charge is 0.249 e. The lowest BCUT2D eigenvalue weighted by Gasteiger charge is -2.27. The summed E-state index contributed by atoms with van der Waals surface area (Å²) < 4.78 is 26.4. The maximum atomic E-state index is 12.7. The molecule has 30 heavy (non-hydrogen) atoms. The average Bonchev–Trinajstić information content (AvgIpc) is 3.13. The fraction of sp³-hybridized carbons (Fsp3) is 0.211. The van der Waals surface area contributed by atoms with Gasteiger partial charge >= 0.3 is 0 Å². The van der Waals surface area contributed by atoms with Crippen molar-refractivity contribution in [3.63, 3.8) is 0 Å². The van der Waals surface area contributed by atoms with Crippen molar-refractivity contribution in [1.29, 1.82) is 0 Å². The second-order valence-electron chi connectivity index (χ2n) is 6.35. The summed E-state index contributed by atoms with van der Waals surface area (Å²) in [6.45, 7) is 1.50. The first-order valence-corrected chi connectivity index (χ1v) is 12.8. The Labute approximate surface area is 188 Å². The Morgan fingerprint density at radius 2 is 1.93 bits per heavy atom. The highest BCUT2D eigenvalue weighted by molar-refractivity contribution is 8.00. The highest BCUT2D eigenvalue weighted by atomic mass is 35.5. The number of hydrogen-bond donors (Lipinski definition) is 1. The minimum Gasteiger partial charge on any atom is -0.299 e. The molecule has 1 N–H and O–H groups in total. The number of hydrogen-bond acceptors (Lipinski definition) is 7. The molecule has 1 aromatic heterocycles. The number of benzene rings is 2. The van der Waals surface area contributed by atoms with Crippen molar-refractivity contribution in [2.75, 3.05) is 15.9 Å². The molecule has 0 unspecified atom stereocenters. The lowest BCUT2D eigenvalue weighted by Crippen LogP contribution is -2.45. The van der Waals surface area contributed by atoms with Gasteiger partial charge in [-0.3, -0.25) is 14.4 Å². The molecule has 0 saturated heterocycles. The molecule has 2 aromatic carbocycles. The molecule has 7 nitrogen and oxygen atoms in total. The number of halogens is 1. The Bertz CT molecular complexity index is 1120. The summed E-state index contributed by atoms with van der Waals surface area (Å²) in [7, 11) is -3.73. The molecule has 0 spiro atoms. The second-order valence-corrected chi connectivity index (χ2v) is 10.8. The van der Waals surface area contributed by atoms with Crippen molar-refractivity contribution in [2.45, 2.75) is 23.1 Å². The topological polar surface area (TPSA) is 92.3 Å². The molecule has 0 radical (unpaired) electrons. The largest absolute Gasteiger partial charge is 0.299 e. The third kappa shape index (κ3) is 5.94. The predicted molar refractivity (Wildman–Crippen MR) is 123 cm³/mol. The fourth-order valence-corrected chi connectivity index (χ4v) is 5.73. The van der Waals surface area contributed by atoms with Crippen LogP contribution in [0.15, 0.2) is 58.9 Å². The van der Waals surface area contributed by atoms with Crippen LogP contribution in [0.1, 0.15) is 12.5 Å². The zero-order valence-electron chi connectivity index (χ0n) is 16.1. The van der Waals surface area contributed by atoms with Crippen molar-refractivity contribution in [1.82, 2.24) is 10.2 Å². The number of carbonyl (C=O) groups excluding carboxylic acids is 1. The maximum absolute atomic E-state index is 12.7. The first-order valence-electron chi connectivity index (χ1n) is 8.80. The molecular formula is C19H19ClN4O3S3. The van der Waals surface area contributed by atoms with Gasteiger partial charge in [-0.25, -0.2) is 8.42 Å². The summed E-state index contributed by atoms with van der Waals surface area (Å²) in [6, 6.07) is 15.3. The van der Waals surface area contributed by atoms with E-state index in [-0.39, 0.29) is 0 Å². The van der Waals surface area contributed by atoms with Crippen LogP contribution in [0.25, 0.3) is 0 Å². The van der Waals surface area contributed by atoms with Crippen molar-refractivity contribution in [3.05, 3.63) is 65.2 Å². The second kappa shape index (κ2) is 9.78. The average molecular weight is 483 g/mol. The van der Waals surface area contributed by atoms with E-state index in [1.54, 1.807) is 18.2 Å². The van der Waals surface area contributed by atoms with Gasteiger partial charge in [0.15, 0.2) is 4.34 Å². The number of aromatic nitrogens is 2. The number of thioether (sulfide) groups is 1. The van der Waals surface area contributed by atoms with Crippen LogP contribution >= 0.6 is 34.7 Å². The molecule has 0 aliphatic rings. The zero-order chi connectivity index (χ0) is 21.7. The fourth-order valence-electron chi connectivity index (χ4n) is 2.67. The Hall–Kier alpha value is -2.14. The summed E-state index contributed by atoms with van der Waals surface area (Å²) >= 11 is 8.74. The third-order valence-corrected chi connectivity index (χ3v) is 7.51. The molecule has 1 amide bonds. The summed E-state index contributed by atoms with van der Waals surface area (Å²) in [4.78, 5) is 12.7. The summed E-state index contributed by atoms with van der Waals surface area (Å²) in [5.41, 5.74) is 1.46. The molecular weight excluding hydrogens is 464 g/mol. The van der Waals surface area contributed by atoms with E-state index in [1.165, 1.54) is 36.1 Å². The van der Waals surface area contributed by atoms with Gasteiger partial charge in [0.05, 0.1) is 11.9 Å².